The summed E-state index contributed by atoms with van der Waals surface area (Å²) < 4.78 is 0. The Morgan fingerprint density at radius 2 is 1.26 bits per heavy atom. The van der Waals surface area contributed by atoms with E-state index in [2.05, 4.69) is 29.2 Å². The van der Waals surface area contributed by atoms with Crippen LogP contribution in [0.25, 0.3) is 0 Å². The van der Waals surface area contributed by atoms with Gasteiger partial charge in [-0.05, 0) is 30.7 Å². The Labute approximate surface area is 136 Å². The van der Waals surface area contributed by atoms with Crippen LogP contribution >= 0.6 is 0 Å². The quantitative estimate of drug-likeness (QED) is 0.768. The van der Waals surface area contributed by atoms with Crippen molar-refractivity contribution in [2.45, 2.75) is 19.3 Å². The maximum atomic E-state index is 11.7. The summed E-state index contributed by atoms with van der Waals surface area (Å²) in [7, 11) is 0. The van der Waals surface area contributed by atoms with Gasteiger partial charge in [0.25, 0.3) is 0 Å². The number of benzene rings is 2. The lowest BCUT2D eigenvalue weighted by atomic mass is 10.2. The van der Waals surface area contributed by atoms with Crippen molar-refractivity contribution in [1.29, 1.82) is 0 Å². The van der Waals surface area contributed by atoms with E-state index in [1.54, 1.807) is 0 Å². The first kappa shape index (κ1) is 15.3. The maximum absolute atomic E-state index is 11.7. The molecule has 1 aliphatic heterocycles. The van der Waals surface area contributed by atoms with Gasteiger partial charge in [-0.15, -0.1) is 0 Å². The molecule has 4 nitrogen and oxygen atoms in total. The van der Waals surface area contributed by atoms with Crippen LogP contribution in [0.5, 0.6) is 0 Å². The van der Waals surface area contributed by atoms with Gasteiger partial charge in [-0.1, -0.05) is 36.4 Å². The van der Waals surface area contributed by atoms with Gasteiger partial charge in [0.15, 0.2) is 0 Å². The van der Waals surface area contributed by atoms with Crippen molar-refractivity contribution in [3.63, 3.8) is 0 Å². The molecular formula is C19H20N2O2. The molecule has 1 heterocycles. The fourth-order valence-electron chi connectivity index (χ4n) is 2.88. The summed E-state index contributed by atoms with van der Waals surface area (Å²) in [5.41, 5.74) is 2.22. The molecule has 1 fully saturated rings. The zero-order valence-corrected chi connectivity index (χ0v) is 13.0. The number of amides is 2. The van der Waals surface area contributed by atoms with Crippen molar-refractivity contribution in [3.8, 4) is 0 Å². The van der Waals surface area contributed by atoms with Gasteiger partial charge >= 0.3 is 0 Å². The molecule has 2 amide bonds. The summed E-state index contributed by atoms with van der Waals surface area (Å²) in [5, 5.41) is 0. The van der Waals surface area contributed by atoms with Crippen LogP contribution in [0, 0.1) is 0 Å². The van der Waals surface area contributed by atoms with Crippen LogP contribution in [-0.4, -0.2) is 29.8 Å². The van der Waals surface area contributed by atoms with E-state index in [9.17, 15) is 9.59 Å². The van der Waals surface area contributed by atoms with E-state index in [4.69, 9.17) is 0 Å². The third-order valence-electron chi connectivity index (χ3n) is 4.05. The molecular weight excluding hydrogens is 288 g/mol. The maximum Gasteiger partial charge on any atom is 0.229 e. The van der Waals surface area contributed by atoms with E-state index >= 15 is 0 Å². The Hall–Kier alpha value is -2.62. The first-order chi connectivity index (χ1) is 11.3. The minimum Gasteiger partial charge on any atom is -0.341 e. The molecule has 4 heteroatoms. The van der Waals surface area contributed by atoms with Crippen molar-refractivity contribution >= 4 is 23.2 Å². The minimum atomic E-state index is -0.0408. The molecule has 23 heavy (non-hydrogen) atoms. The molecule has 1 saturated heterocycles. The van der Waals surface area contributed by atoms with Gasteiger partial charge in [0.1, 0.15) is 0 Å². The average molecular weight is 308 g/mol. The molecule has 0 aromatic heterocycles. The normalized spacial score (nSPS) is 14.3. The molecule has 1 aliphatic rings. The Bertz CT molecular complexity index is 615. The predicted octanol–water partition coefficient (Wildman–Crippen LogP) is 3.36. The van der Waals surface area contributed by atoms with Gasteiger partial charge in [-0.3, -0.25) is 14.5 Å². The van der Waals surface area contributed by atoms with Crippen LogP contribution in [0.15, 0.2) is 60.7 Å². The molecule has 118 valence electrons. The van der Waals surface area contributed by atoms with Crippen LogP contribution in [0.2, 0.25) is 0 Å². The number of imide groups is 1. The lowest BCUT2D eigenvalue weighted by Gasteiger charge is -2.26. The molecule has 0 aliphatic carbocycles. The number of carbonyl (C=O) groups is 2. The van der Waals surface area contributed by atoms with Crippen LogP contribution in [-0.2, 0) is 9.59 Å². The number of carbonyl (C=O) groups excluding carboxylic acids is 2. The molecule has 0 atom stereocenters. The second-order valence-electron chi connectivity index (χ2n) is 5.62. The molecule has 2 aromatic carbocycles. The third kappa shape index (κ3) is 3.59. The number of anilines is 2. The Morgan fingerprint density at radius 3 is 1.74 bits per heavy atom. The number of para-hydroxylation sites is 2. The monoisotopic (exact) mass is 308 g/mol. The Balaban J connectivity index is 1.70. The van der Waals surface area contributed by atoms with Crippen molar-refractivity contribution in [3.05, 3.63) is 60.7 Å². The summed E-state index contributed by atoms with van der Waals surface area (Å²) in [4.78, 5) is 27.0. The highest BCUT2D eigenvalue weighted by molar-refractivity contribution is 6.01. The van der Waals surface area contributed by atoms with E-state index in [0.717, 1.165) is 24.3 Å². The summed E-state index contributed by atoms with van der Waals surface area (Å²) in [5.74, 6) is -0.0815. The van der Waals surface area contributed by atoms with Gasteiger partial charge in [0.05, 0.1) is 0 Å². The standard InChI is InChI=1S/C19H20N2O2/c22-18-12-13-19(23)21(18)15-7-14-20(16-8-3-1-4-9-16)17-10-5-2-6-11-17/h1-6,8-11H,7,12-15H2. The van der Waals surface area contributed by atoms with Crippen molar-refractivity contribution < 1.29 is 9.59 Å². The van der Waals surface area contributed by atoms with Gasteiger partial charge < -0.3 is 4.90 Å². The first-order valence-corrected chi connectivity index (χ1v) is 7.96. The second-order valence-corrected chi connectivity index (χ2v) is 5.62. The molecule has 2 aromatic rings. The molecule has 0 spiro atoms. The van der Waals surface area contributed by atoms with Gasteiger partial charge in [-0.25, -0.2) is 0 Å². The fourth-order valence-corrected chi connectivity index (χ4v) is 2.88. The molecule has 0 N–H and O–H groups in total. The number of rotatable bonds is 6. The SMILES string of the molecule is O=C1CCC(=O)N1CCCN(c1ccccc1)c1ccccc1. The number of hydrogen-bond donors (Lipinski definition) is 0. The van der Waals surface area contributed by atoms with Crippen LogP contribution in [0.1, 0.15) is 19.3 Å². The topological polar surface area (TPSA) is 40.6 Å². The predicted molar refractivity (Wildman–Crippen MR) is 90.5 cm³/mol. The van der Waals surface area contributed by atoms with Gasteiger partial charge in [0.2, 0.25) is 11.8 Å². The van der Waals surface area contributed by atoms with Crippen LogP contribution < -0.4 is 4.90 Å². The highest BCUT2D eigenvalue weighted by atomic mass is 16.2. The summed E-state index contributed by atoms with van der Waals surface area (Å²) in [6, 6.07) is 20.3. The van der Waals surface area contributed by atoms with E-state index in [1.165, 1.54) is 4.90 Å². The lowest BCUT2D eigenvalue weighted by Crippen LogP contribution is -2.32. The Kier molecular flexibility index (Phi) is 4.71. The second kappa shape index (κ2) is 7.09. The van der Waals surface area contributed by atoms with Crippen LogP contribution in [0.4, 0.5) is 11.4 Å². The van der Waals surface area contributed by atoms with E-state index < -0.39 is 0 Å². The molecule has 0 bridgehead atoms. The van der Waals surface area contributed by atoms with Crippen LogP contribution in [0.3, 0.4) is 0 Å². The Morgan fingerprint density at radius 1 is 0.783 bits per heavy atom. The molecule has 3 rings (SSSR count). The van der Waals surface area contributed by atoms with E-state index in [-0.39, 0.29) is 11.8 Å². The smallest absolute Gasteiger partial charge is 0.229 e. The van der Waals surface area contributed by atoms with Gasteiger partial charge in [0, 0.05) is 37.3 Å². The van der Waals surface area contributed by atoms with Crippen molar-refractivity contribution in [2.24, 2.45) is 0 Å². The highest BCUT2D eigenvalue weighted by Crippen LogP contribution is 2.25. The highest BCUT2D eigenvalue weighted by Gasteiger charge is 2.28. The number of nitrogens with zero attached hydrogens (tertiary/aromatic N) is 2. The number of likely N-dealkylation sites (tertiary alicyclic amines) is 1. The molecule has 0 unspecified atom stereocenters. The van der Waals surface area contributed by atoms with Crippen molar-refractivity contribution in [1.82, 2.24) is 4.90 Å². The zero-order valence-electron chi connectivity index (χ0n) is 13.0. The zero-order chi connectivity index (χ0) is 16.1. The molecule has 0 saturated carbocycles. The third-order valence-corrected chi connectivity index (χ3v) is 4.05. The summed E-state index contributed by atoms with van der Waals surface area (Å²) in [6.45, 7) is 1.25. The van der Waals surface area contributed by atoms with Crippen molar-refractivity contribution in [2.75, 3.05) is 18.0 Å². The molecule has 0 radical (unpaired) electrons. The first-order valence-electron chi connectivity index (χ1n) is 7.96. The van der Waals surface area contributed by atoms with E-state index in [0.29, 0.717) is 19.4 Å². The largest absolute Gasteiger partial charge is 0.341 e. The lowest BCUT2D eigenvalue weighted by molar-refractivity contribution is -0.138. The van der Waals surface area contributed by atoms with E-state index in [1.807, 2.05) is 36.4 Å². The summed E-state index contributed by atoms with van der Waals surface area (Å²) >= 11 is 0. The average Bonchev–Trinajstić information content (AvgIpc) is 2.92. The van der Waals surface area contributed by atoms with Gasteiger partial charge in [-0.2, -0.15) is 0 Å². The summed E-state index contributed by atoms with van der Waals surface area (Å²) in [6.07, 6.45) is 1.47. The fraction of sp³-hybridized carbons (Fsp3) is 0.263. The minimum absolute atomic E-state index is 0.0408. The number of hydrogen-bond acceptors (Lipinski definition) is 3.